The minimum absolute atomic E-state index is 0.0628. The van der Waals surface area contributed by atoms with Crippen molar-refractivity contribution < 1.29 is 4.79 Å². The highest BCUT2D eigenvalue weighted by Gasteiger charge is 2.21. The molecule has 2 aromatic heterocycles. The number of fused-ring (bicyclic) bond motifs is 1. The Kier molecular flexibility index (Phi) is 4.90. The van der Waals surface area contributed by atoms with Crippen LogP contribution in [-0.2, 0) is 13.6 Å². The summed E-state index contributed by atoms with van der Waals surface area (Å²) in [6.45, 7) is 5.10. The van der Waals surface area contributed by atoms with Gasteiger partial charge in [0.2, 0.25) is 0 Å². The second-order valence-electron chi connectivity index (χ2n) is 7.44. The third-order valence-electron chi connectivity index (χ3n) is 5.23. The zero-order chi connectivity index (χ0) is 18.8. The number of nitrogens with one attached hydrogen (secondary N) is 1. The molecule has 0 atom stereocenters. The lowest BCUT2D eigenvalue weighted by Gasteiger charge is -2.32. The van der Waals surface area contributed by atoms with Gasteiger partial charge in [-0.1, -0.05) is 29.8 Å². The van der Waals surface area contributed by atoms with E-state index in [9.17, 15) is 4.79 Å². The Bertz CT molecular complexity index is 956. The van der Waals surface area contributed by atoms with Gasteiger partial charge in [0.05, 0.1) is 11.9 Å². The van der Waals surface area contributed by atoms with Crippen LogP contribution in [0.3, 0.4) is 0 Å². The molecule has 4 rings (SSSR count). The molecule has 1 N–H and O–H groups in total. The van der Waals surface area contributed by atoms with Crippen LogP contribution in [0.25, 0.3) is 11.2 Å². The first-order chi connectivity index (χ1) is 13.1. The average molecular weight is 363 g/mol. The number of likely N-dealkylation sites (tertiary alicyclic amines) is 1. The van der Waals surface area contributed by atoms with Gasteiger partial charge in [0.25, 0.3) is 5.91 Å². The summed E-state index contributed by atoms with van der Waals surface area (Å²) >= 11 is 0. The predicted molar refractivity (Wildman–Crippen MR) is 105 cm³/mol. The standard InChI is InChI=1S/C21H25N5O/c1-15-4-3-5-16(10-15)13-26-8-6-18(7-9-26)24-21(27)17-11-19-20(22-12-17)25(2)14-23-19/h3-5,10-12,14,18H,6-9,13H2,1-2H3,(H,24,27). The quantitative estimate of drug-likeness (QED) is 0.774. The van der Waals surface area contributed by atoms with Gasteiger partial charge in [0, 0.05) is 38.9 Å². The van der Waals surface area contributed by atoms with Crippen LogP contribution in [0.5, 0.6) is 0 Å². The van der Waals surface area contributed by atoms with Gasteiger partial charge in [0.15, 0.2) is 5.65 Å². The molecule has 0 saturated carbocycles. The number of aromatic nitrogens is 3. The smallest absolute Gasteiger partial charge is 0.253 e. The molecule has 1 aliphatic rings. The lowest BCUT2D eigenvalue weighted by Crippen LogP contribution is -2.44. The second-order valence-corrected chi connectivity index (χ2v) is 7.44. The fourth-order valence-corrected chi connectivity index (χ4v) is 3.71. The lowest BCUT2D eigenvalue weighted by molar-refractivity contribution is 0.0908. The zero-order valence-corrected chi connectivity index (χ0v) is 15.9. The van der Waals surface area contributed by atoms with Crippen molar-refractivity contribution >= 4 is 17.1 Å². The molecule has 3 heterocycles. The van der Waals surface area contributed by atoms with Gasteiger partial charge >= 0.3 is 0 Å². The highest BCUT2D eigenvalue weighted by Crippen LogP contribution is 2.16. The minimum atomic E-state index is -0.0628. The third kappa shape index (κ3) is 4.01. The maximum Gasteiger partial charge on any atom is 0.253 e. The van der Waals surface area contributed by atoms with Gasteiger partial charge < -0.3 is 9.88 Å². The Hall–Kier alpha value is -2.73. The van der Waals surface area contributed by atoms with E-state index in [1.54, 1.807) is 12.5 Å². The van der Waals surface area contributed by atoms with E-state index in [2.05, 4.69) is 51.4 Å². The SMILES string of the molecule is Cc1cccc(CN2CCC(NC(=O)c3cnc4c(c3)ncn4C)CC2)c1. The Morgan fingerprint density at radius 1 is 1.22 bits per heavy atom. The van der Waals surface area contributed by atoms with Gasteiger partial charge in [0.1, 0.15) is 5.52 Å². The van der Waals surface area contributed by atoms with Crippen LogP contribution in [0.15, 0.2) is 42.9 Å². The van der Waals surface area contributed by atoms with Gasteiger partial charge in [-0.25, -0.2) is 9.97 Å². The number of amides is 1. The van der Waals surface area contributed by atoms with Crippen LogP contribution in [0, 0.1) is 6.92 Å². The van der Waals surface area contributed by atoms with E-state index in [1.807, 2.05) is 17.7 Å². The topological polar surface area (TPSA) is 63.1 Å². The first-order valence-electron chi connectivity index (χ1n) is 9.44. The molecule has 1 fully saturated rings. The molecule has 27 heavy (non-hydrogen) atoms. The van der Waals surface area contributed by atoms with Gasteiger partial charge in [-0.05, 0) is 31.4 Å². The maximum absolute atomic E-state index is 12.6. The number of nitrogens with zero attached hydrogens (tertiary/aromatic N) is 4. The van der Waals surface area contributed by atoms with Crippen molar-refractivity contribution in [1.82, 2.24) is 24.8 Å². The van der Waals surface area contributed by atoms with Crippen molar-refractivity contribution in [3.05, 3.63) is 59.5 Å². The molecule has 0 aliphatic carbocycles. The molecule has 1 aliphatic heterocycles. The van der Waals surface area contributed by atoms with Crippen LogP contribution in [0.1, 0.15) is 34.3 Å². The number of hydrogen-bond acceptors (Lipinski definition) is 4. The number of imidazole rings is 1. The van der Waals surface area contributed by atoms with Crippen molar-refractivity contribution in [1.29, 1.82) is 0 Å². The van der Waals surface area contributed by atoms with E-state index in [4.69, 9.17) is 0 Å². The van der Waals surface area contributed by atoms with E-state index in [-0.39, 0.29) is 11.9 Å². The highest BCUT2D eigenvalue weighted by atomic mass is 16.1. The van der Waals surface area contributed by atoms with Gasteiger partial charge in [-0.15, -0.1) is 0 Å². The summed E-state index contributed by atoms with van der Waals surface area (Å²) in [6.07, 6.45) is 5.28. The van der Waals surface area contributed by atoms with E-state index in [0.29, 0.717) is 5.56 Å². The Balaban J connectivity index is 1.32. The Morgan fingerprint density at radius 3 is 2.81 bits per heavy atom. The summed E-state index contributed by atoms with van der Waals surface area (Å²) in [4.78, 5) is 23.7. The van der Waals surface area contributed by atoms with Crippen molar-refractivity contribution in [2.75, 3.05) is 13.1 Å². The summed E-state index contributed by atoms with van der Waals surface area (Å²) in [7, 11) is 1.90. The Labute approximate surface area is 159 Å². The summed E-state index contributed by atoms with van der Waals surface area (Å²) in [5, 5.41) is 3.16. The monoisotopic (exact) mass is 363 g/mol. The lowest BCUT2D eigenvalue weighted by atomic mass is 10.0. The van der Waals surface area contributed by atoms with E-state index in [0.717, 1.165) is 43.6 Å². The number of hydrogen-bond donors (Lipinski definition) is 1. The Morgan fingerprint density at radius 2 is 2.04 bits per heavy atom. The normalized spacial score (nSPS) is 15.9. The van der Waals surface area contributed by atoms with Crippen LogP contribution in [-0.4, -0.2) is 44.5 Å². The molecular weight excluding hydrogens is 338 g/mol. The summed E-state index contributed by atoms with van der Waals surface area (Å²) in [5.74, 6) is -0.0628. The first kappa shape index (κ1) is 17.7. The fourth-order valence-electron chi connectivity index (χ4n) is 3.71. The first-order valence-corrected chi connectivity index (χ1v) is 9.44. The van der Waals surface area contributed by atoms with Crippen LogP contribution >= 0.6 is 0 Å². The van der Waals surface area contributed by atoms with E-state index in [1.165, 1.54) is 11.1 Å². The molecule has 0 bridgehead atoms. The molecule has 6 nitrogen and oxygen atoms in total. The molecule has 140 valence electrons. The summed E-state index contributed by atoms with van der Waals surface area (Å²) < 4.78 is 1.85. The van der Waals surface area contributed by atoms with Gasteiger partial charge in [-0.2, -0.15) is 0 Å². The number of rotatable bonds is 4. The molecule has 0 unspecified atom stereocenters. The fraction of sp³-hybridized carbons (Fsp3) is 0.381. The van der Waals surface area contributed by atoms with Crippen LogP contribution < -0.4 is 5.32 Å². The third-order valence-corrected chi connectivity index (χ3v) is 5.23. The van der Waals surface area contributed by atoms with E-state index >= 15 is 0 Å². The van der Waals surface area contributed by atoms with Crippen molar-refractivity contribution in [3.8, 4) is 0 Å². The number of carbonyl (C=O) groups excluding carboxylic acids is 1. The summed E-state index contributed by atoms with van der Waals surface area (Å²) in [6, 6.07) is 10.7. The van der Waals surface area contributed by atoms with Gasteiger partial charge in [-0.3, -0.25) is 9.69 Å². The molecular formula is C21H25N5O. The highest BCUT2D eigenvalue weighted by molar-refractivity contribution is 5.96. The largest absolute Gasteiger partial charge is 0.349 e. The molecule has 1 saturated heterocycles. The maximum atomic E-state index is 12.6. The van der Waals surface area contributed by atoms with Crippen LogP contribution in [0.2, 0.25) is 0 Å². The molecule has 3 aromatic rings. The molecule has 0 radical (unpaired) electrons. The zero-order valence-electron chi connectivity index (χ0n) is 15.9. The average Bonchev–Trinajstić information content (AvgIpc) is 3.04. The second kappa shape index (κ2) is 7.48. The van der Waals surface area contributed by atoms with Crippen molar-refractivity contribution in [3.63, 3.8) is 0 Å². The van der Waals surface area contributed by atoms with Crippen LogP contribution in [0.4, 0.5) is 0 Å². The summed E-state index contributed by atoms with van der Waals surface area (Å²) in [5.41, 5.74) is 4.76. The molecule has 6 heteroatoms. The number of piperidine rings is 1. The van der Waals surface area contributed by atoms with E-state index < -0.39 is 0 Å². The minimum Gasteiger partial charge on any atom is -0.349 e. The van der Waals surface area contributed by atoms with Crippen molar-refractivity contribution in [2.24, 2.45) is 7.05 Å². The number of pyridine rings is 1. The molecule has 0 spiro atoms. The predicted octanol–water partition coefficient (Wildman–Crippen LogP) is 2.67. The molecule has 1 aromatic carbocycles. The number of benzene rings is 1. The molecule has 1 amide bonds. The van der Waals surface area contributed by atoms with Crippen molar-refractivity contribution in [2.45, 2.75) is 32.4 Å². The number of carbonyl (C=O) groups is 1. The number of aryl methyl sites for hydroxylation is 2.